The smallest absolute Gasteiger partial charge is 0.122 e. The molecule has 1 unspecified atom stereocenters. The molecule has 0 aromatic carbocycles. The van der Waals surface area contributed by atoms with Crippen molar-refractivity contribution in [3.8, 4) is 6.07 Å². The molecule has 0 aliphatic heterocycles. The van der Waals surface area contributed by atoms with E-state index in [0.717, 1.165) is 6.42 Å². The van der Waals surface area contributed by atoms with Crippen LogP contribution in [-0.2, 0) is 0 Å². The van der Waals surface area contributed by atoms with Gasteiger partial charge in [-0.1, -0.05) is 0 Å². The average Bonchev–Trinajstić information content (AvgIpc) is 2.15. The quantitative estimate of drug-likeness (QED) is 0.525. The molecule has 1 fully saturated rings. The van der Waals surface area contributed by atoms with Crippen LogP contribution >= 0.6 is 23.2 Å². The second-order valence-corrected chi connectivity index (χ2v) is 3.57. The van der Waals surface area contributed by atoms with Crippen LogP contribution in [0, 0.1) is 17.2 Å². The zero-order valence-corrected chi connectivity index (χ0v) is 5.71. The Morgan fingerprint density at radius 2 is 2.25 bits per heavy atom. The highest BCUT2D eigenvalue weighted by atomic mass is 35.5. The van der Waals surface area contributed by atoms with Crippen molar-refractivity contribution in [1.29, 1.82) is 5.26 Å². The number of rotatable bonds is 1. The van der Waals surface area contributed by atoms with Gasteiger partial charge in [0.2, 0.25) is 0 Å². The normalized spacial score (nSPS) is 31.4. The van der Waals surface area contributed by atoms with Gasteiger partial charge in [-0.25, -0.2) is 0 Å². The van der Waals surface area contributed by atoms with Crippen LogP contribution in [0.15, 0.2) is 0 Å². The van der Waals surface area contributed by atoms with Crippen LogP contribution in [-0.4, -0.2) is 4.33 Å². The van der Waals surface area contributed by atoms with Gasteiger partial charge in [0.05, 0.1) is 6.07 Å². The summed E-state index contributed by atoms with van der Waals surface area (Å²) in [5, 5.41) is 8.14. The predicted molar refractivity (Wildman–Crippen MR) is 32.8 cm³/mol. The molecule has 0 bridgehead atoms. The molecule has 0 amide bonds. The van der Waals surface area contributed by atoms with Crippen molar-refractivity contribution in [2.45, 2.75) is 17.2 Å². The van der Waals surface area contributed by atoms with E-state index < -0.39 is 4.33 Å². The molecule has 0 aromatic rings. The first-order chi connectivity index (χ1) is 3.67. The Morgan fingerprint density at radius 3 is 2.38 bits per heavy atom. The fourth-order valence-corrected chi connectivity index (χ4v) is 1.13. The molecular formula is C5H5Cl2N. The largest absolute Gasteiger partial charge is 0.198 e. The summed E-state index contributed by atoms with van der Waals surface area (Å²) < 4.78 is -0.560. The van der Waals surface area contributed by atoms with Crippen LogP contribution in [0.4, 0.5) is 0 Å². The second kappa shape index (κ2) is 1.79. The third-order valence-electron chi connectivity index (χ3n) is 1.29. The second-order valence-electron chi connectivity index (χ2n) is 2.02. The Labute approximate surface area is 58.2 Å². The van der Waals surface area contributed by atoms with Gasteiger partial charge in [-0.05, 0) is 6.42 Å². The van der Waals surface area contributed by atoms with Crippen LogP contribution in [0.1, 0.15) is 12.8 Å². The molecule has 0 aromatic heterocycles. The van der Waals surface area contributed by atoms with Crippen LogP contribution in [0.2, 0.25) is 0 Å². The first kappa shape index (κ1) is 6.19. The molecule has 1 aliphatic carbocycles. The summed E-state index contributed by atoms with van der Waals surface area (Å²) in [6.45, 7) is 0. The Kier molecular flexibility index (Phi) is 1.38. The van der Waals surface area contributed by atoms with Crippen LogP contribution < -0.4 is 0 Å². The topological polar surface area (TPSA) is 23.8 Å². The highest BCUT2D eigenvalue weighted by Gasteiger charge is 2.51. The third-order valence-corrected chi connectivity index (χ3v) is 2.22. The molecule has 0 saturated heterocycles. The lowest BCUT2D eigenvalue weighted by Crippen LogP contribution is -1.86. The molecule has 1 saturated carbocycles. The Balaban J connectivity index is 2.29. The van der Waals surface area contributed by atoms with Crippen molar-refractivity contribution < 1.29 is 0 Å². The molecule has 1 atom stereocenters. The average molecular weight is 150 g/mol. The van der Waals surface area contributed by atoms with Crippen molar-refractivity contribution in [3.05, 3.63) is 0 Å². The molecule has 0 heterocycles. The lowest BCUT2D eigenvalue weighted by atomic mass is 10.3. The standard InChI is InChI=1S/C5H5Cl2N/c6-5(7)3-4(5)1-2-8/h4H,1,3H2. The van der Waals surface area contributed by atoms with Crippen molar-refractivity contribution in [2.75, 3.05) is 0 Å². The molecular weight excluding hydrogens is 145 g/mol. The molecule has 0 N–H and O–H groups in total. The summed E-state index contributed by atoms with van der Waals surface area (Å²) in [6, 6.07) is 2.02. The first-order valence-electron chi connectivity index (χ1n) is 2.41. The van der Waals surface area contributed by atoms with Crippen LogP contribution in [0.5, 0.6) is 0 Å². The van der Waals surface area contributed by atoms with E-state index >= 15 is 0 Å². The minimum Gasteiger partial charge on any atom is -0.198 e. The third kappa shape index (κ3) is 1.07. The Morgan fingerprint density at radius 1 is 1.75 bits per heavy atom. The van der Waals surface area contributed by atoms with Gasteiger partial charge in [0.15, 0.2) is 0 Å². The van der Waals surface area contributed by atoms with Crippen molar-refractivity contribution in [2.24, 2.45) is 5.92 Å². The van der Waals surface area contributed by atoms with E-state index in [9.17, 15) is 0 Å². The van der Waals surface area contributed by atoms with E-state index in [2.05, 4.69) is 0 Å². The van der Waals surface area contributed by atoms with E-state index in [1.54, 1.807) is 0 Å². The van der Waals surface area contributed by atoms with E-state index in [1.165, 1.54) is 0 Å². The van der Waals surface area contributed by atoms with Crippen LogP contribution in [0.3, 0.4) is 0 Å². The minimum absolute atomic E-state index is 0.232. The maximum absolute atomic E-state index is 8.14. The summed E-state index contributed by atoms with van der Waals surface area (Å²) in [4.78, 5) is 0. The Hall–Kier alpha value is 0.0700. The zero-order chi connectivity index (χ0) is 6.20. The summed E-state index contributed by atoms with van der Waals surface area (Å²) >= 11 is 11.2. The first-order valence-corrected chi connectivity index (χ1v) is 3.17. The summed E-state index contributed by atoms with van der Waals surface area (Å²) in [5.74, 6) is 0.232. The molecule has 44 valence electrons. The fraction of sp³-hybridized carbons (Fsp3) is 0.800. The zero-order valence-electron chi connectivity index (χ0n) is 4.19. The number of hydrogen-bond acceptors (Lipinski definition) is 1. The maximum atomic E-state index is 8.14. The lowest BCUT2D eigenvalue weighted by Gasteiger charge is -1.88. The van der Waals surface area contributed by atoms with Gasteiger partial charge in [-0.15, -0.1) is 23.2 Å². The minimum atomic E-state index is -0.560. The predicted octanol–water partition coefficient (Wildman–Crippen LogP) is 2.09. The number of nitrogens with zero attached hydrogens (tertiary/aromatic N) is 1. The monoisotopic (exact) mass is 149 g/mol. The number of halogens is 2. The summed E-state index contributed by atoms with van der Waals surface area (Å²) in [5.41, 5.74) is 0. The van der Waals surface area contributed by atoms with Crippen LogP contribution in [0.25, 0.3) is 0 Å². The molecule has 1 aliphatic rings. The number of nitriles is 1. The van der Waals surface area contributed by atoms with Gasteiger partial charge >= 0.3 is 0 Å². The molecule has 0 radical (unpaired) electrons. The van der Waals surface area contributed by atoms with Gasteiger partial charge in [0.1, 0.15) is 4.33 Å². The van der Waals surface area contributed by atoms with Gasteiger partial charge in [-0.3, -0.25) is 0 Å². The number of alkyl halides is 2. The van der Waals surface area contributed by atoms with E-state index in [0.29, 0.717) is 6.42 Å². The highest BCUT2D eigenvalue weighted by molar-refractivity contribution is 6.50. The lowest BCUT2D eigenvalue weighted by molar-refractivity contribution is 0.859. The SMILES string of the molecule is N#CCC1CC1(Cl)Cl. The molecule has 0 spiro atoms. The molecule has 1 nitrogen and oxygen atoms in total. The molecule has 8 heavy (non-hydrogen) atoms. The van der Waals surface area contributed by atoms with E-state index in [4.69, 9.17) is 28.5 Å². The van der Waals surface area contributed by atoms with Crippen molar-refractivity contribution in [3.63, 3.8) is 0 Å². The fourth-order valence-electron chi connectivity index (χ4n) is 0.601. The van der Waals surface area contributed by atoms with E-state index in [1.807, 2.05) is 6.07 Å². The van der Waals surface area contributed by atoms with Crippen molar-refractivity contribution in [1.82, 2.24) is 0 Å². The van der Waals surface area contributed by atoms with Crippen molar-refractivity contribution >= 4 is 23.2 Å². The van der Waals surface area contributed by atoms with E-state index in [-0.39, 0.29) is 5.92 Å². The Bertz CT molecular complexity index is 136. The van der Waals surface area contributed by atoms with Gasteiger partial charge < -0.3 is 0 Å². The van der Waals surface area contributed by atoms with Gasteiger partial charge in [0.25, 0.3) is 0 Å². The summed E-state index contributed by atoms with van der Waals surface area (Å²) in [7, 11) is 0. The maximum Gasteiger partial charge on any atom is 0.122 e. The highest BCUT2D eigenvalue weighted by Crippen LogP contribution is 2.54. The molecule has 3 heteroatoms. The molecule has 1 rings (SSSR count). The summed E-state index contributed by atoms with van der Waals surface area (Å²) in [6.07, 6.45) is 1.27. The van der Waals surface area contributed by atoms with Gasteiger partial charge in [-0.2, -0.15) is 5.26 Å². The number of hydrogen-bond donors (Lipinski definition) is 0. The van der Waals surface area contributed by atoms with Gasteiger partial charge in [0, 0.05) is 12.3 Å².